The number of carboxylic acids is 1. The average molecular weight is 312 g/mol. The van der Waals surface area contributed by atoms with Gasteiger partial charge in [-0.15, -0.1) is 0 Å². The van der Waals surface area contributed by atoms with Gasteiger partial charge in [-0.3, -0.25) is 0 Å². The lowest BCUT2D eigenvalue weighted by molar-refractivity contribution is 0.0686. The summed E-state index contributed by atoms with van der Waals surface area (Å²) in [6.07, 6.45) is 1.22. The van der Waals surface area contributed by atoms with Crippen molar-refractivity contribution in [2.75, 3.05) is 0 Å². The molecule has 0 atom stereocenters. The van der Waals surface area contributed by atoms with Crippen LogP contribution in [0, 0.1) is 5.82 Å². The number of carbonyl (C=O) groups is 1. The van der Waals surface area contributed by atoms with E-state index in [1.807, 2.05) is 0 Å². The Kier molecular flexibility index (Phi) is 4.10. The highest BCUT2D eigenvalue weighted by Gasteiger charge is 2.19. The number of carboxylic acid groups (broad SMARTS) is 1. The van der Waals surface area contributed by atoms with Crippen LogP contribution in [0.1, 0.15) is 16.1 Å². The predicted octanol–water partition coefficient (Wildman–Crippen LogP) is 1.34. The van der Waals surface area contributed by atoms with Crippen molar-refractivity contribution in [3.05, 3.63) is 53.6 Å². The van der Waals surface area contributed by atoms with Gasteiger partial charge < -0.3 is 9.67 Å². The smallest absolute Gasteiger partial charge is 0.352 e. The van der Waals surface area contributed by atoms with Gasteiger partial charge in [-0.1, -0.05) is 12.1 Å². The highest BCUT2D eigenvalue weighted by Crippen LogP contribution is 2.14. The molecule has 21 heavy (non-hydrogen) atoms. The summed E-state index contributed by atoms with van der Waals surface area (Å²) in [5.74, 6) is -1.62. The molecule has 0 radical (unpaired) electrons. The first-order chi connectivity index (χ1) is 9.79. The minimum Gasteiger partial charge on any atom is -0.477 e. The van der Waals surface area contributed by atoms with E-state index >= 15 is 0 Å². The van der Waals surface area contributed by atoms with Crippen molar-refractivity contribution in [2.45, 2.75) is 11.4 Å². The van der Waals surface area contributed by atoms with E-state index in [0.717, 1.165) is 6.07 Å². The van der Waals surface area contributed by atoms with Gasteiger partial charge in [-0.25, -0.2) is 22.3 Å². The monoisotopic (exact) mass is 312 g/mol. The number of aromatic nitrogens is 1. The number of hydrogen-bond acceptors (Lipinski definition) is 3. The van der Waals surface area contributed by atoms with E-state index in [0.29, 0.717) is 5.56 Å². The quantitative estimate of drug-likeness (QED) is 0.872. The molecular formula is C13H13FN2O4S. The molecule has 0 amide bonds. The highest BCUT2D eigenvalue weighted by molar-refractivity contribution is 7.89. The Labute approximate surface area is 120 Å². The molecule has 0 fully saturated rings. The normalized spacial score (nSPS) is 11.5. The first-order valence-corrected chi connectivity index (χ1v) is 7.41. The van der Waals surface area contributed by atoms with Gasteiger partial charge in [0.15, 0.2) is 0 Å². The van der Waals surface area contributed by atoms with Gasteiger partial charge in [0, 0.05) is 19.8 Å². The third-order valence-corrected chi connectivity index (χ3v) is 4.26. The van der Waals surface area contributed by atoms with E-state index < -0.39 is 21.8 Å². The summed E-state index contributed by atoms with van der Waals surface area (Å²) >= 11 is 0. The molecule has 0 saturated carbocycles. The van der Waals surface area contributed by atoms with Crippen molar-refractivity contribution in [3.63, 3.8) is 0 Å². The Morgan fingerprint density at radius 1 is 1.33 bits per heavy atom. The van der Waals surface area contributed by atoms with Gasteiger partial charge in [0.2, 0.25) is 10.0 Å². The van der Waals surface area contributed by atoms with Crippen LogP contribution in [0.2, 0.25) is 0 Å². The van der Waals surface area contributed by atoms with Crippen molar-refractivity contribution in [1.82, 2.24) is 9.29 Å². The summed E-state index contributed by atoms with van der Waals surface area (Å²) in [6, 6.07) is 6.47. The summed E-state index contributed by atoms with van der Waals surface area (Å²) < 4.78 is 40.4. The fourth-order valence-electron chi connectivity index (χ4n) is 1.76. The molecular weight excluding hydrogens is 299 g/mol. The van der Waals surface area contributed by atoms with E-state index in [4.69, 9.17) is 5.11 Å². The Hall–Kier alpha value is -2.19. The number of nitrogens with one attached hydrogen (secondary N) is 1. The van der Waals surface area contributed by atoms with Crippen LogP contribution in [-0.2, 0) is 23.6 Å². The molecule has 0 saturated heterocycles. The molecule has 0 unspecified atom stereocenters. The number of benzene rings is 1. The summed E-state index contributed by atoms with van der Waals surface area (Å²) in [5.41, 5.74) is 0.464. The fraction of sp³-hybridized carbons (Fsp3) is 0.154. The summed E-state index contributed by atoms with van der Waals surface area (Å²) in [6.45, 7) is -0.0140. The van der Waals surface area contributed by atoms with Crippen LogP contribution in [0.25, 0.3) is 0 Å². The highest BCUT2D eigenvalue weighted by atomic mass is 32.2. The lowest BCUT2D eigenvalue weighted by Gasteiger charge is -2.05. The number of rotatable bonds is 5. The Bertz CT molecular complexity index is 766. The van der Waals surface area contributed by atoms with E-state index in [1.54, 1.807) is 0 Å². The molecule has 2 rings (SSSR count). The van der Waals surface area contributed by atoms with Crippen LogP contribution in [0.4, 0.5) is 4.39 Å². The zero-order valence-electron chi connectivity index (χ0n) is 11.1. The van der Waals surface area contributed by atoms with Crippen LogP contribution in [-0.4, -0.2) is 24.1 Å². The van der Waals surface area contributed by atoms with Crippen molar-refractivity contribution >= 4 is 16.0 Å². The summed E-state index contributed by atoms with van der Waals surface area (Å²) in [4.78, 5) is 10.8. The van der Waals surface area contributed by atoms with Crippen molar-refractivity contribution < 1.29 is 22.7 Å². The lowest BCUT2D eigenvalue weighted by atomic mass is 10.2. The third kappa shape index (κ3) is 3.47. The van der Waals surface area contributed by atoms with Gasteiger partial charge in [0.1, 0.15) is 16.4 Å². The SMILES string of the molecule is Cn1cc(S(=O)(=O)NCc2ccc(F)cc2)cc1C(=O)O. The molecule has 112 valence electrons. The third-order valence-electron chi connectivity index (χ3n) is 2.89. The molecule has 0 spiro atoms. The Morgan fingerprint density at radius 3 is 2.48 bits per heavy atom. The molecule has 8 heteroatoms. The van der Waals surface area contributed by atoms with Crippen LogP contribution in [0.3, 0.4) is 0 Å². The van der Waals surface area contributed by atoms with Crippen molar-refractivity contribution in [2.24, 2.45) is 7.05 Å². The number of sulfonamides is 1. The summed E-state index contributed by atoms with van der Waals surface area (Å²) in [7, 11) is -2.38. The number of aryl methyl sites for hydroxylation is 1. The minimum atomic E-state index is -3.83. The van der Waals surface area contributed by atoms with Gasteiger partial charge in [-0.2, -0.15) is 0 Å². The average Bonchev–Trinajstić information content (AvgIpc) is 2.81. The first-order valence-electron chi connectivity index (χ1n) is 5.93. The largest absolute Gasteiger partial charge is 0.477 e. The molecule has 1 heterocycles. The second kappa shape index (κ2) is 5.66. The number of aromatic carboxylic acids is 1. The molecule has 0 aliphatic rings. The maximum atomic E-state index is 12.8. The number of nitrogens with zero attached hydrogens (tertiary/aromatic N) is 1. The predicted molar refractivity (Wildman–Crippen MR) is 72.8 cm³/mol. The van der Waals surface area contributed by atoms with Crippen LogP contribution < -0.4 is 4.72 Å². The Balaban J connectivity index is 2.17. The van der Waals surface area contributed by atoms with Crippen LogP contribution in [0.15, 0.2) is 41.4 Å². The lowest BCUT2D eigenvalue weighted by Crippen LogP contribution is -2.22. The molecule has 2 aromatic rings. The number of hydrogen-bond donors (Lipinski definition) is 2. The second-order valence-corrected chi connectivity index (χ2v) is 6.20. The van der Waals surface area contributed by atoms with Crippen molar-refractivity contribution in [1.29, 1.82) is 0 Å². The van der Waals surface area contributed by atoms with E-state index in [1.165, 1.54) is 42.1 Å². The molecule has 1 aromatic heterocycles. The van der Waals surface area contributed by atoms with Gasteiger partial charge in [0.25, 0.3) is 0 Å². The molecule has 6 nitrogen and oxygen atoms in total. The van der Waals surface area contributed by atoms with Crippen molar-refractivity contribution in [3.8, 4) is 0 Å². The topological polar surface area (TPSA) is 88.4 Å². The molecule has 2 N–H and O–H groups in total. The Morgan fingerprint density at radius 2 is 1.95 bits per heavy atom. The van der Waals surface area contributed by atoms with Gasteiger partial charge in [-0.05, 0) is 23.8 Å². The molecule has 1 aromatic carbocycles. The second-order valence-electron chi connectivity index (χ2n) is 4.43. The number of halogens is 1. The fourth-order valence-corrected chi connectivity index (χ4v) is 2.84. The van der Waals surface area contributed by atoms with Gasteiger partial charge >= 0.3 is 5.97 Å². The minimum absolute atomic E-state index is 0.0140. The molecule has 0 aliphatic carbocycles. The van der Waals surface area contributed by atoms with E-state index in [9.17, 15) is 17.6 Å². The standard InChI is InChI=1S/C13H13FN2O4S/c1-16-8-11(6-12(16)13(17)18)21(19,20)15-7-9-2-4-10(14)5-3-9/h2-6,8,15H,7H2,1H3,(H,17,18). The van der Waals surface area contributed by atoms with Crippen LogP contribution in [0.5, 0.6) is 0 Å². The molecule has 0 bridgehead atoms. The maximum Gasteiger partial charge on any atom is 0.352 e. The molecule has 0 aliphatic heterocycles. The zero-order chi connectivity index (χ0) is 15.6. The van der Waals surface area contributed by atoms with Gasteiger partial charge in [0.05, 0.1) is 0 Å². The maximum absolute atomic E-state index is 12.8. The van der Waals surface area contributed by atoms with E-state index in [2.05, 4.69) is 4.72 Å². The zero-order valence-corrected chi connectivity index (χ0v) is 11.9. The van der Waals surface area contributed by atoms with E-state index in [-0.39, 0.29) is 17.1 Å². The first kappa shape index (κ1) is 15.2. The van der Waals surface area contributed by atoms with Crippen LogP contribution >= 0.6 is 0 Å². The summed E-state index contributed by atoms with van der Waals surface area (Å²) in [5, 5.41) is 8.91.